The van der Waals surface area contributed by atoms with E-state index in [1.165, 1.54) is 18.3 Å². The van der Waals surface area contributed by atoms with Crippen molar-refractivity contribution in [3.63, 3.8) is 0 Å². The molecule has 0 aliphatic rings. The van der Waals surface area contributed by atoms with Gasteiger partial charge in [-0.05, 0) is 12.1 Å². The number of hydrogen-bond acceptors (Lipinski definition) is 2. The number of hydrogen-bond donors (Lipinski definition) is 0. The van der Waals surface area contributed by atoms with Gasteiger partial charge in [-0.3, -0.25) is 9.78 Å². The lowest BCUT2D eigenvalue weighted by Gasteiger charge is -2.00. The highest BCUT2D eigenvalue weighted by molar-refractivity contribution is 5.97. The standard InChI is InChI=1S/C13H10FNO/c14-11-6-7-15-12(8-11)9-13(16)10-4-2-1-3-5-10/h1-8H,9H2. The molecule has 0 aliphatic carbocycles. The van der Waals surface area contributed by atoms with Gasteiger partial charge < -0.3 is 0 Å². The molecular weight excluding hydrogens is 205 g/mol. The maximum atomic E-state index is 12.9. The van der Waals surface area contributed by atoms with Crippen molar-refractivity contribution in [3.05, 3.63) is 65.7 Å². The third-order valence-corrected chi connectivity index (χ3v) is 2.22. The number of aromatic nitrogens is 1. The summed E-state index contributed by atoms with van der Waals surface area (Å²) >= 11 is 0. The van der Waals surface area contributed by atoms with Crippen LogP contribution in [0.4, 0.5) is 4.39 Å². The van der Waals surface area contributed by atoms with Gasteiger partial charge >= 0.3 is 0 Å². The number of ketones is 1. The third-order valence-electron chi connectivity index (χ3n) is 2.22. The van der Waals surface area contributed by atoms with Crippen LogP contribution >= 0.6 is 0 Å². The van der Waals surface area contributed by atoms with Gasteiger partial charge in [-0.1, -0.05) is 30.3 Å². The second kappa shape index (κ2) is 4.66. The molecular formula is C13H10FNO. The number of carbonyl (C=O) groups excluding carboxylic acids is 1. The fourth-order valence-electron chi connectivity index (χ4n) is 1.44. The molecule has 0 N–H and O–H groups in total. The molecule has 1 aromatic heterocycles. The minimum Gasteiger partial charge on any atom is -0.294 e. The number of halogens is 1. The predicted molar refractivity (Wildman–Crippen MR) is 58.7 cm³/mol. The molecule has 0 radical (unpaired) electrons. The molecule has 1 heterocycles. The van der Waals surface area contributed by atoms with Gasteiger partial charge in [0.05, 0.1) is 12.1 Å². The largest absolute Gasteiger partial charge is 0.294 e. The smallest absolute Gasteiger partial charge is 0.168 e. The van der Waals surface area contributed by atoms with Crippen molar-refractivity contribution in [2.24, 2.45) is 0 Å². The van der Waals surface area contributed by atoms with Crippen LogP contribution in [0.1, 0.15) is 16.1 Å². The highest BCUT2D eigenvalue weighted by Gasteiger charge is 2.07. The van der Waals surface area contributed by atoms with Gasteiger partial charge in [0.15, 0.2) is 5.78 Å². The topological polar surface area (TPSA) is 30.0 Å². The summed E-state index contributed by atoms with van der Waals surface area (Å²) in [5.74, 6) is -0.426. The van der Waals surface area contributed by atoms with Gasteiger partial charge in [0.2, 0.25) is 0 Å². The van der Waals surface area contributed by atoms with E-state index in [2.05, 4.69) is 4.98 Å². The molecule has 2 rings (SSSR count). The van der Waals surface area contributed by atoms with Gasteiger partial charge in [-0.25, -0.2) is 4.39 Å². The van der Waals surface area contributed by atoms with Crippen LogP contribution in [0.25, 0.3) is 0 Å². The summed E-state index contributed by atoms with van der Waals surface area (Å²) in [6, 6.07) is 11.5. The number of Topliss-reactive ketones (excluding diaryl/α,β-unsaturated/α-hetero) is 1. The van der Waals surface area contributed by atoms with Crippen molar-refractivity contribution in [1.82, 2.24) is 4.98 Å². The van der Waals surface area contributed by atoms with Crippen molar-refractivity contribution in [2.45, 2.75) is 6.42 Å². The number of pyridine rings is 1. The Morgan fingerprint density at radius 2 is 1.94 bits per heavy atom. The lowest BCUT2D eigenvalue weighted by molar-refractivity contribution is 0.0992. The summed E-state index contributed by atoms with van der Waals surface area (Å²) in [6.45, 7) is 0. The first kappa shape index (κ1) is 10.5. The Bertz CT molecular complexity index is 496. The summed E-state index contributed by atoms with van der Waals surface area (Å²) in [5.41, 5.74) is 1.07. The first-order chi connectivity index (χ1) is 7.75. The average molecular weight is 215 g/mol. The molecule has 0 saturated carbocycles. The first-order valence-corrected chi connectivity index (χ1v) is 4.94. The maximum Gasteiger partial charge on any atom is 0.168 e. The summed E-state index contributed by atoms with van der Waals surface area (Å²) in [7, 11) is 0. The monoisotopic (exact) mass is 215 g/mol. The van der Waals surface area contributed by atoms with Crippen molar-refractivity contribution in [1.29, 1.82) is 0 Å². The van der Waals surface area contributed by atoms with E-state index in [0.29, 0.717) is 11.3 Å². The second-order valence-electron chi connectivity index (χ2n) is 3.43. The van der Waals surface area contributed by atoms with Crippen LogP contribution in [0, 0.1) is 5.82 Å². The van der Waals surface area contributed by atoms with Crippen LogP contribution in [0.5, 0.6) is 0 Å². The van der Waals surface area contributed by atoms with Crippen LogP contribution in [-0.2, 0) is 6.42 Å². The summed E-state index contributed by atoms with van der Waals surface area (Å²) < 4.78 is 12.9. The van der Waals surface area contributed by atoms with Crippen LogP contribution in [0.2, 0.25) is 0 Å². The Balaban J connectivity index is 2.14. The molecule has 2 aromatic rings. The van der Waals surface area contributed by atoms with Gasteiger partial charge in [0.25, 0.3) is 0 Å². The van der Waals surface area contributed by atoms with Crippen LogP contribution < -0.4 is 0 Å². The molecule has 0 unspecified atom stereocenters. The lowest BCUT2D eigenvalue weighted by Crippen LogP contribution is -2.04. The fraction of sp³-hybridized carbons (Fsp3) is 0.0769. The van der Waals surface area contributed by atoms with E-state index in [0.717, 1.165) is 0 Å². The quantitative estimate of drug-likeness (QED) is 0.737. The number of nitrogens with zero attached hydrogens (tertiary/aromatic N) is 1. The normalized spacial score (nSPS) is 10.1. The molecule has 1 aromatic carbocycles. The average Bonchev–Trinajstić information content (AvgIpc) is 2.30. The molecule has 2 nitrogen and oxygen atoms in total. The van der Waals surface area contributed by atoms with E-state index in [-0.39, 0.29) is 18.0 Å². The second-order valence-corrected chi connectivity index (χ2v) is 3.43. The van der Waals surface area contributed by atoms with Crippen molar-refractivity contribution >= 4 is 5.78 Å². The van der Waals surface area contributed by atoms with Crippen LogP contribution in [0.15, 0.2) is 48.7 Å². The highest BCUT2D eigenvalue weighted by atomic mass is 19.1. The molecule has 0 spiro atoms. The van der Waals surface area contributed by atoms with Crippen LogP contribution in [-0.4, -0.2) is 10.8 Å². The molecule has 0 atom stereocenters. The zero-order valence-electron chi connectivity index (χ0n) is 8.56. The molecule has 80 valence electrons. The number of benzene rings is 1. The SMILES string of the molecule is O=C(Cc1cc(F)ccn1)c1ccccc1. The fourth-order valence-corrected chi connectivity index (χ4v) is 1.44. The Kier molecular flexibility index (Phi) is 3.05. The Morgan fingerprint density at radius 1 is 1.19 bits per heavy atom. The van der Waals surface area contributed by atoms with Gasteiger partial charge in [-0.2, -0.15) is 0 Å². The van der Waals surface area contributed by atoms with Crippen molar-refractivity contribution in [2.75, 3.05) is 0 Å². The zero-order chi connectivity index (χ0) is 11.4. The highest BCUT2D eigenvalue weighted by Crippen LogP contribution is 2.06. The van der Waals surface area contributed by atoms with E-state index in [9.17, 15) is 9.18 Å². The Morgan fingerprint density at radius 3 is 2.62 bits per heavy atom. The molecule has 0 bridgehead atoms. The van der Waals surface area contributed by atoms with E-state index in [1.807, 2.05) is 6.07 Å². The molecule has 0 fully saturated rings. The molecule has 0 aliphatic heterocycles. The number of carbonyl (C=O) groups is 1. The molecule has 16 heavy (non-hydrogen) atoms. The molecule has 3 heteroatoms. The van der Waals surface area contributed by atoms with Gasteiger partial charge in [0, 0.05) is 11.8 Å². The Labute approximate surface area is 92.8 Å². The molecule has 0 amide bonds. The Hall–Kier alpha value is -2.03. The van der Waals surface area contributed by atoms with E-state index in [4.69, 9.17) is 0 Å². The predicted octanol–water partition coefficient (Wildman–Crippen LogP) is 2.65. The van der Waals surface area contributed by atoms with E-state index < -0.39 is 0 Å². The maximum absolute atomic E-state index is 12.9. The van der Waals surface area contributed by atoms with Crippen molar-refractivity contribution in [3.8, 4) is 0 Å². The third kappa shape index (κ3) is 2.51. The van der Waals surface area contributed by atoms with E-state index in [1.54, 1.807) is 24.3 Å². The minimum absolute atomic E-state index is 0.0568. The zero-order valence-corrected chi connectivity index (χ0v) is 8.56. The number of rotatable bonds is 3. The van der Waals surface area contributed by atoms with Crippen molar-refractivity contribution < 1.29 is 9.18 Å². The minimum atomic E-state index is -0.370. The summed E-state index contributed by atoms with van der Waals surface area (Å²) in [6.07, 6.45) is 1.49. The molecule has 0 saturated heterocycles. The van der Waals surface area contributed by atoms with E-state index >= 15 is 0 Å². The van der Waals surface area contributed by atoms with Gasteiger partial charge in [-0.15, -0.1) is 0 Å². The summed E-state index contributed by atoms with van der Waals surface area (Å²) in [5, 5.41) is 0. The lowest BCUT2D eigenvalue weighted by atomic mass is 10.1. The summed E-state index contributed by atoms with van der Waals surface area (Å²) in [4.78, 5) is 15.7. The van der Waals surface area contributed by atoms with Gasteiger partial charge in [0.1, 0.15) is 5.82 Å². The first-order valence-electron chi connectivity index (χ1n) is 4.94. The van der Waals surface area contributed by atoms with Crippen LogP contribution in [0.3, 0.4) is 0 Å².